The molecule has 0 radical (unpaired) electrons. The molecule has 0 atom stereocenters. The molecule has 0 aliphatic heterocycles. The van der Waals surface area contributed by atoms with Crippen molar-refractivity contribution in [2.75, 3.05) is 5.32 Å². The van der Waals surface area contributed by atoms with Gasteiger partial charge in [-0.05, 0) is 68.5 Å². The van der Waals surface area contributed by atoms with Gasteiger partial charge in [-0.15, -0.1) is 5.10 Å². The minimum absolute atomic E-state index is 0.00603. The monoisotopic (exact) mass is 504 g/mol. The first kappa shape index (κ1) is 25.3. The molecular weight excluding hydrogens is 480 g/mol. The number of anilines is 1. The Kier molecular flexibility index (Phi) is 7.69. The van der Waals surface area contributed by atoms with Crippen LogP contribution in [0.2, 0.25) is 0 Å². The fourth-order valence-corrected chi connectivity index (χ4v) is 5.02. The van der Waals surface area contributed by atoms with E-state index in [1.165, 1.54) is 22.9 Å². The Balaban J connectivity index is 1.85. The van der Waals surface area contributed by atoms with Gasteiger partial charge in [-0.25, -0.2) is 0 Å². The number of aromatic nitrogens is 4. The second-order valence-corrected chi connectivity index (χ2v) is 10.1. The molecule has 0 spiro atoms. The van der Waals surface area contributed by atoms with E-state index in [9.17, 15) is 22.6 Å². The van der Waals surface area contributed by atoms with Gasteiger partial charge in [-0.2, -0.15) is 13.1 Å². The number of hydrogen-bond acceptors (Lipinski definition) is 8. The highest BCUT2D eigenvalue weighted by molar-refractivity contribution is 8.13. The summed E-state index contributed by atoms with van der Waals surface area (Å²) in [4.78, 5) is 26.7. The van der Waals surface area contributed by atoms with Gasteiger partial charge in [0.25, 0.3) is 21.3 Å². The van der Waals surface area contributed by atoms with Gasteiger partial charge in [0.1, 0.15) is 4.90 Å². The van der Waals surface area contributed by atoms with Crippen LogP contribution in [0.4, 0.5) is 10.5 Å². The van der Waals surface area contributed by atoms with Gasteiger partial charge in [0, 0.05) is 29.5 Å². The van der Waals surface area contributed by atoms with E-state index in [1.54, 1.807) is 29.2 Å². The van der Waals surface area contributed by atoms with Gasteiger partial charge in [-0.3, -0.25) is 14.1 Å². The zero-order valence-electron chi connectivity index (χ0n) is 18.9. The van der Waals surface area contributed by atoms with E-state index in [0.29, 0.717) is 11.4 Å². The molecule has 0 saturated carbocycles. The number of benzene rings is 2. The van der Waals surface area contributed by atoms with Crippen molar-refractivity contribution >= 4 is 38.7 Å². The van der Waals surface area contributed by atoms with E-state index in [4.69, 9.17) is 0 Å². The zero-order chi connectivity index (χ0) is 25.0. The molecule has 3 rings (SSSR count). The van der Waals surface area contributed by atoms with Crippen LogP contribution in [0.15, 0.2) is 58.6 Å². The predicted molar refractivity (Wildman–Crippen MR) is 127 cm³/mol. The summed E-state index contributed by atoms with van der Waals surface area (Å²) in [6.07, 6.45) is 0. The molecule has 1 heterocycles. The summed E-state index contributed by atoms with van der Waals surface area (Å²) < 4.78 is 34.0. The minimum atomic E-state index is -4.58. The Bertz CT molecular complexity index is 1300. The molecule has 0 saturated heterocycles. The standard InChI is InChI=1S/C21H24N6O5S2/c1-13(2)26(14(3)4)21(29)33-20-23-24-25-27(20)16-9-7-8-15(12-16)22-19(28)17-10-5-6-11-18(17)34(30,31)32/h5-14H,1-4H3,(H,22,28)(H,30,31,32). The molecule has 0 unspecified atom stereocenters. The number of tetrazole rings is 1. The molecule has 0 aliphatic rings. The summed E-state index contributed by atoms with van der Waals surface area (Å²) in [5.41, 5.74) is 0.598. The Labute approximate surface area is 201 Å². The number of hydrogen-bond donors (Lipinski definition) is 2. The second kappa shape index (κ2) is 10.3. The molecule has 34 heavy (non-hydrogen) atoms. The van der Waals surface area contributed by atoms with Crippen molar-refractivity contribution in [3.63, 3.8) is 0 Å². The van der Waals surface area contributed by atoms with E-state index in [1.807, 2.05) is 27.7 Å². The van der Waals surface area contributed by atoms with E-state index < -0.39 is 20.9 Å². The molecule has 2 amide bonds. The van der Waals surface area contributed by atoms with Gasteiger partial charge >= 0.3 is 0 Å². The lowest BCUT2D eigenvalue weighted by Gasteiger charge is -2.29. The first-order valence-corrected chi connectivity index (χ1v) is 12.5. The maximum absolute atomic E-state index is 12.8. The lowest BCUT2D eigenvalue weighted by atomic mass is 10.2. The van der Waals surface area contributed by atoms with Crippen LogP contribution in [-0.4, -0.2) is 61.3 Å². The Morgan fingerprint density at radius 3 is 2.38 bits per heavy atom. The first-order valence-electron chi connectivity index (χ1n) is 10.3. The van der Waals surface area contributed by atoms with Gasteiger partial charge < -0.3 is 10.2 Å². The van der Waals surface area contributed by atoms with Crippen LogP contribution < -0.4 is 5.32 Å². The lowest BCUT2D eigenvalue weighted by molar-refractivity contribution is 0.102. The smallest absolute Gasteiger partial charge is 0.295 e. The van der Waals surface area contributed by atoms with Crippen LogP contribution >= 0.6 is 11.8 Å². The highest BCUT2D eigenvalue weighted by Crippen LogP contribution is 2.25. The van der Waals surface area contributed by atoms with Gasteiger partial charge in [0.05, 0.1) is 11.3 Å². The van der Waals surface area contributed by atoms with E-state index in [0.717, 1.165) is 17.8 Å². The number of nitrogens with zero attached hydrogens (tertiary/aromatic N) is 5. The summed E-state index contributed by atoms with van der Waals surface area (Å²) in [5.74, 6) is -0.726. The maximum Gasteiger partial charge on any atom is 0.295 e. The largest absolute Gasteiger partial charge is 0.328 e. The molecule has 3 aromatic rings. The Hall–Kier alpha value is -3.29. The van der Waals surface area contributed by atoms with Crippen molar-refractivity contribution in [1.29, 1.82) is 0 Å². The van der Waals surface area contributed by atoms with Crippen molar-refractivity contribution < 1.29 is 22.6 Å². The molecule has 0 bridgehead atoms. The molecular formula is C21H24N6O5S2. The SMILES string of the molecule is CC(C)N(C(=O)Sc1nnnn1-c1cccc(NC(=O)c2ccccc2S(=O)(=O)O)c1)C(C)C. The number of thioether (sulfide) groups is 1. The summed E-state index contributed by atoms with van der Waals surface area (Å²) in [7, 11) is -4.58. The van der Waals surface area contributed by atoms with E-state index in [2.05, 4.69) is 20.8 Å². The molecule has 180 valence electrons. The fraction of sp³-hybridized carbons (Fsp3) is 0.286. The summed E-state index contributed by atoms with van der Waals surface area (Å²) in [5, 5.41) is 14.2. The van der Waals surface area contributed by atoms with Crippen molar-refractivity contribution in [1.82, 2.24) is 25.1 Å². The first-order chi connectivity index (χ1) is 16.0. The van der Waals surface area contributed by atoms with Gasteiger partial charge in [0.2, 0.25) is 5.16 Å². The topological polar surface area (TPSA) is 147 Å². The Morgan fingerprint density at radius 2 is 1.74 bits per heavy atom. The third kappa shape index (κ3) is 5.79. The molecule has 2 aromatic carbocycles. The van der Waals surface area contributed by atoms with Crippen LogP contribution in [0, 0.1) is 0 Å². The van der Waals surface area contributed by atoms with Crippen molar-refractivity contribution in [3.8, 4) is 5.69 Å². The summed E-state index contributed by atoms with van der Waals surface area (Å²) in [6.45, 7) is 7.70. The van der Waals surface area contributed by atoms with Crippen LogP contribution in [0.1, 0.15) is 38.1 Å². The number of carbonyl (C=O) groups excluding carboxylic acids is 2. The summed E-state index contributed by atoms with van der Waals surface area (Å²) in [6, 6.07) is 11.8. The maximum atomic E-state index is 12.8. The van der Waals surface area contributed by atoms with Gasteiger partial charge in [0.15, 0.2) is 0 Å². The van der Waals surface area contributed by atoms with Crippen LogP contribution in [0.3, 0.4) is 0 Å². The molecule has 0 aliphatic carbocycles. The highest BCUT2D eigenvalue weighted by Gasteiger charge is 2.24. The third-order valence-corrected chi connectivity index (χ3v) is 6.44. The van der Waals surface area contributed by atoms with Crippen molar-refractivity contribution in [2.24, 2.45) is 0 Å². The highest BCUT2D eigenvalue weighted by atomic mass is 32.2. The number of amides is 2. The molecule has 2 N–H and O–H groups in total. The molecule has 11 nitrogen and oxygen atoms in total. The van der Waals surface area contributed by atoms with E-state index in [-0.39, 0.29) is 28.0 Å². The van der Waals surface area contributed by atoms with E-state index >= 15 is 0 Å². The molecule has 13 heteroatoms. The predicted octanol–water partition coefficient (Wildman–Crippen LogP) is 3.49. The number of rotatable bonds is 7. The quantitative estimate of drug-likeness (QED) is 0.364. The van der Waals surface area contributed by atoms with Crippen LogP contribution in [0.25, 0.3) is 5.69 Å². The lowest BCUT2D eigenvalue weighted by Crippen LogP contribution is -2.39. The number of nitrogens with one attached hydrogen (secondary N) is 1. The third-order valence-electron chi connectivity index (χ3n) is 4.70. The molecule has 1 aromatic heterocycles. The average molecular weight is 505 g/mol. The average Bonchev–Trinajstić information content (AvgIpc) is 3.20. The summed E-state index contributed by atoms with van der Waals surface area (Å²) >= 11 is 0.890. The normalized spacial score (nSPS) is 11.6. The Morgan fingerprint density at radius 1 is 1.06 bits per heavy atom. The van der Waals surface area contributed by atoms with Crippen LogP contribution in [0.5, 0.6) is 0 Å². The van der Waals surface area contributed by atoms with Gasteiger partial charge in [-0.1, -0.05) is 18.2 Å². The number of carbonyl (C=O) groups is 2. The second-order valence-electron chi connectivity index (χ2n) is 7.81. The van der Waals surface area contributed by atoms with Crippen molar-refractivity contribution in [2.45, 2.75) is 49.8 Å². The molecule has 0 fully saturated rings. The van der Waals surface area contributed by atoms with Crippen LogP contribution in [-0.2, 0) is 10.1 Å². The minimum Gasteiger partial charge on any atom is -0.328 e. The fourth-order valence-electron chi connectivity index (χ4n) is 3.35. The zero-order valence-corrected chi connectivity index (χ0v) is 20.5. The van der Waals surface area contributed by atoms with Crippen molar-refractivity contribution in [3.05, 3.63) is 54.1 Å².